The zero-order valence-corrected chi connectivity index (χ0v) is 17.7. The molecule has 1 aliphatic rings. The summed E-state index contributed by atoms with van der Waals surface area (Å²) in [6, 6.07) is 14.3. The van der Waals surface area contributed by atoms with Gasteiger partial charge in [-0.3, -0.25) is 14.9 Å². The molecule has 2 atom stereocenters. The summed E-state index contributed by atoms with van der Waals surface area (Å²) in [7, 11) is 0. The van der Waals surface area contributed by atoms with Crippen molar-refractivity contribution in [2.24, 2.45) is 0 Å². The van der Waals surface area contributed by atoms with Crippen molar-refractivity contribution >= 4 is 23.3 Å². The Hall–Kier alpha value is -3.42. The highest BCUT2D eigenvalue weighted by molar-refractivity contribution is 5.93. The minimum Gasteiger partial charge on any atom is -0.449 e. The minimum absolute atomic E-state index is 0.0309. The maximum atomic E-state index is 12.5. The van der Waals surface area contributed by atoms with Crippen molar-refractivity contribution in [3.05, 3.63) is 69.8 Å². The Labute approximate surface area is 181 Å². The standard InChI is InChI=1S/C23H27N3O5/c1-3-16(17-7-5-4-6-8-17)14-24-22(27)15(2)31-23(28)18-9-12-20(25-19-10-11-19)21(13-18)26(29)30/h4-9,12-13,15-16,19,25H,3,10-11,14H2,1-2H3,(H,24,27)/t15-,16+/m0/s1. The van der Waals surface area contributed by atoms with Crippen molar-refractivity contribution in [3.63, 3.8) is 0 Å². The summed E-state index contributed by atoms with van der Waals surface area (Å²) in [6.45, 7) is 3.95. The number of nitro benzene ring substituents is 1. The van der Waals surface area contributed by atoms with E-state index in [1.165, 1.54) is 25.1 Å². The summed E-state index contributed by atoms with van der Waals surface area (Å²) < 4.78 is 5.24. The van der Waals surface area contributed by atoms with Crippen molar-refractivity contribution in [3.8, 4) is 0 Å². The fourth-order valence-electron chi connectivity index (χ4n) is 3.25. The van der Waals surface area contributed by atoms with E-state index >= 15 is 0 Å². The molecule has 0 aliphatic heterocycles. The molecular formula is C23H27N3O5. The van der Waals surface area contributed by atoms with E-state index in [-0.39, 0.29) is 23.2 Å². The first-order valence-electron chi connectivity index (χ1n) is 10.5. The first kappa shape index (κ1) is 22.3. The minimum atomic E-state index is -1.02. The number of amides is 1. The van der Waals surface area contributed by atoms with Crippen LogP contribution in [-0.2, 0) is 9.53 Å². The second kappa shape index (κ2) is 10.1. The summed E-state index contributed by atoms with van der Waals surface area (Å²) in [5, 5.41) is 17.3. The number of hydrogen-bond acceptors (Lipinski definition) is 6. The number of nitrogens with zero attached hydrogens (tertiary/aromatic N) is 1. The molecular weight excluding hydrogens is 398 g/mol. The van der Waals surface area contributed by atoms with Crippen LogP contribution in [-0.4, -0.2) is 35.5 Å². The summed E-state index contributed by atoms with van der Waals surface area (Å²) >= 11 is 0. The van der Waals surface area contributed by atoms with Gasteiger partial charge >= 0.3 is 5.97 Å². The van der Waals surface area contributed by atoms with Crippen LogP contribution < -0.4 is 10.6 Å². The van der Waals surface area contributed by atoms with Crippen molar-refractivity contribution in [1.29, 1.82) is 0 Å². The van der Waals surface area contributed by atoms with Gasteiger partial charge in [-0.25, -0.2) is 4.79 Å². The normalized spacial score (nSPS) is 14.9. The van der Waals surface area contributed by atoms with Crippen LogP contribution in [0, 0.1) is 10.1 Å². The number of ether oxygens (including phenoxy) is 1. The maximum absolute atomic E-state index is 12.5. The molecule has 31 heavy (non-hydrogen) atoms. The Morgan fingerprint density at radius 3 is 2.52 bits per heavy atom. The van der Waals surface area contributed by atoms with Crippen LogP contribution in [0.25, 0.3) is 0 Å². The van der Waals surface area contributed by atoms with Gasteiger partial charge in [0.05, 0.1) is 10.5 Å². The summed E-state index contributed by atoms with van der Waals surface area (Å²) in [5.74, 6) is -1.04. The van der Waals surface area contributed by atoms with Gasteiger partial charge in [-0.1, -0.05) is 37.3 Å². The fraction of sp³-hybridized carbons (Fsp3) is 0.391. The molecule has 0 unspecified atom stereocenters. The fourth-order valence-corrected chi connectivity index (χ4v) is 3.25. The number of esters is 1. The number of carbonyl (C=O) groups excluding carboxylic acids is 2. The monoisotopic (exact) mass is 425 g/mol. The third-order valence-electron chi connectivity index (χ3n) is 5.31. The molecule has 8 nitrogen and oxygen atoms in total. The van der Waals surface area contributed by atoms with Crippen LogP contribution in [0.4, 0.5) is 11.4 Å². The first-order valence-corrected chi connectivity index (χ1v) is 10.5. The number of anilines is 1. The van der Waals surface area contributed by atoms with Gasteiger partial charge in [-0.2, -0.15) is 0 Å². The van der Waals surface area contributed by atoms with Crippen LogP contribution in [0.1, 0.15) is 54.9 Å². The van der Waals surface area contributed by atoms with Gasteiger partial charge in [-0.15, -0.1) is 0 Å². The second-order valence-corrected chi connectivity index (χ2v) is 7.72. The van der Waals surface area contributed by atoms with Gasteiger partial charge in [0.1, 0.15) is 5.69 Å². The van der Waals surface area contributed by atoms with Crippen molar-refractivity contribution in [1.82, 2.24) is 5.32 Å². The van der Waals surface area contributed by atoms with Crippen LogP contribution in [0.2, 0.25) is 0 Å². The predicted molar refractivity (Wildman–Crippen MR) is 117 cm³/mol. The molecule has 3 rings (SSSR count). The van der Waals surface area contributed by atoms with Gasteiger partial charge in [0.2, 0.25) is 0 Å². The lowest BCUT2D eigenvalue weighted by molar-refractivity contribution is -0.384. The Morgan fingerprint density at radius 1 is 1.19 bits per heavy atom. The Kier molecular flexibility index (Phi) is 7.23. The quantitative estimate of drug-likeness (QED) is 0.338. The van der Waals surface area contributed by atoms with Crippen LogP contribution >= 0.6 is 0 Å². The van der Waals surface area contributed by atoms with Gasteiger partial charge in [0.25, 0.3) is 11.6 Å². The van der Waals surface area contributed by atoms with Crippen LogP contribution in [0.3, 0.4) is 0 Å². The lowest BCUT2D eigenvalue weighted by Crippen LogP contribution is -2.38. The summed E-state index contributed by atoms with van der Waals surface area (Å²) in [5.41, 5.74) is 1.35. The molecule has 0 bridgehead atoms. The van der Waals surface area contributed by atoms with E-state index < -0.39 is 22.9 Å². The number of benzene rings is 2. The molecule has 2 aromatic carbocycles. The molecule has 2 aromatic rings. The molecule has 0 radical (unpaired) electrons. The maximum Gasteiger partial charge on any atom is 0.339 e. The largest absolute Gasteiger partial charge is 0.449 e. The molecule has 1 amide bonds. The first-order chi connectivity index (χ1) is 14.9. The van der Waals surface area contributed by atoms with Gasteiger partial charge in [-0.05, 0) is 43.9 Å². The molecule has 2 N–H and O–H groups in total. The molecule has 1 fully saturated rings. The molecule has 1 aliphatic carbocycles. The van der Waals surface area contributed by atoms with E-state index in [1.807, 2.05) is 37.3 Å². The van der Waals surface area contributed by atoms with Crippen molar-refractivity contribution < 1.29 is 19.2 Å². The van der Waals surface area contributed by atoms with Crippen LogP contribution in [0.15, 0.2) is 48.5 Å². The van der Waals surface area contributed by atoms with Crippen LogP contribution in [0.5, 0.6) is 0 Å². The Morgan fingerprint density at radius 2 is 1.90 bits per heavy atom. The zero-order chi connectivity index (χ0) is 22.4. The summed E-state index contributed by atoms with van der Waals surface area (Å²) in [6.07, 6.45) is 1.76. The van der Waals surface area contributed by atoms with E-state index in [9.17, 15) is 19.7 Å². The molecule has 164 valence electrons. The van der Waals surface area contributed by atoms with E-state index in [4.69, 9.17) is 4.74 Å². The smallest absolute Gasteiger partial charge is 0.339 e. The number of hydrogen-bond donors (Lipinski definition) is 2. The number of nitrogens with one attached hydrogen (secondary N) is 2. The average molecular weight is 425 g/mol. The predicted octanol–water partition coefficient (Wildman–Crippen LogP) is 4.02. The summed E-state index contributed by atoms with van der Waals surface area (Å²) in [4.78, 5) is 35.7. The van der Waals surface area contributed by atoms with Gasteiger partial charge < -0.3 is 15.4 Å². The highest BCUT2D eigenvalue weighted by atomic mass is 16.6. The molecule has 8 heteroatoms. The topological polar surface area (TPSA) is 111 Å². The molecule has 0 heterocycles. The second-order valence-electron chi connectivity index (χ2n) is 7.72. The third kappa shape index (κ3) is 6.04. The third-order valence-corrected chi connectivity index (χ3v) is 5.31. The van der Waals surface area contributed by atoms with Gasteiger partial charge in [0, 0.05) is 24.6 Å². The van der Waals surface area contributed by atoms with E-state index in [2.05, 4.69) is 10.6 Å². The number of nitro groups is 1. The van der Waals surface area contributed by atoms with E-state index in [0.29, 0.717) is 12.2 Å². The molecule has 1 saturated carbocycles. The van der Waals surface area contributed by atoms with E-state index in [0.717, 1.165) is 24.8 Å². The average Bonchev–Trinajstić information content (AvgIpc) is 3.58. The SMILES string of the molecule is CC[C@H](CNC(=O)[C@H](C)OC(=O)c1ccc(NC2CC2)c([N+](=O)[O-])c1)c1ccccc1. The molecule has 0 saturated heterocycles. The van der Waals surface area contributed by atoms with Crippen molar-refractivity contribution in [2.45, 2.75) is 51.2 Å². The number of carbonyl (C=O) groups is 2. The van der Waals surface area contributed by atoms with Gasteiger partial charge in [0.15, 0.2) is 6.10 Å². The highest BCUT2D eigenvalue weighted by Gasteiger charge is 2.27. The molecule has 0 aromatic heterocycles. The Bertz CT molecular complexity index is 943. The lowest BCUT2D eigenvalue weighted by atomic mass is 9.96. The van der Waals surface area contributed by atoms with E-state index in [1.54, 1.807) is 0 Å². The van der Waals surface area contributed by atoms with Crippen molar-refractivity contribution in [2.75, 3.05) is 11.9 Å². The lowest BCUT2D eigenvalue weighted by Gasteiger charge is -2.18. The number of rotatable bonds is 10. The highest BCUT2D eigenvalue weighted by Crippen LogP contribution is 2.31. The molecule has 0 spiro atoms. The zero-order valence-electron chi connectivity index (χ0n) is 17.7. The Balaban J connectivity index is 1.58.